The second-order valence-electron chi connectivity index (χ2n) is 2.96. The van der Waals surface area contributed by atoms with Gasteiger partial charge in [0.15, 0.2) is 5.82 Å². The van der Waals surface area contributed by atoms with Crippen LogP contribution in [0, 0.1) is 0 Å². The molecule has 0 aliphatic heterocycles. The van der Waals surface area contributed by atoms with Crippen LogP contribution in [-0.2, 0) is 13.6 Å². The van der Waals surface area contributed by atoms with E-state index >= 15 is 0 Å². The quantitative estimate of drug-likeness (QED) is 0.688. The summed E-state index contributed by atoms with van der Waals surface area (Å²) >= 11 is 0. The lowest BCUT2D eigenvalue weighted by Crippen LogP contribution is -2.25. The molecule has 0 amide bonds. The van der Waals surface area contributed by atoms with Crippen LogP contribution in [0.2, 0.25) is 0 Å². The summed E-state index contributed by atoms with van der Waals surface area (Å²) < 4.78 is 5.83. The Morgan fingerprint density at radius 3 is 2.75 bits per heavy atom. The molecule has 12 heavy (non-hydrogen) atoms. The fourth-order valence-corrected chi connectivity index (χ4v) is 0.766. The topological polar surface area (TPSA) is 60.1 Å². The highest BCUT2D eigenvalue weighted by Crippen LogP contribution is 1.89. The van der Waals surface area contributed by atoms with Gasteiger partial charge in [-0.1, -0.05) is 19.0 Å². The molecule has 0 aromatic carbocycles. The lowest BCUT2D eigenvalue weighted by Gasteiger charge is -2.05. The fraction of sp³-hybridized carbons (Fsp3) is 0.714. The molecule has 0 saturated carbocycles. The van der Waals surface area contributed by atoms with Gasteiger partial charge in [0, 0.05) is 13.1 Å². The molecule has 1 heterocycles. The van der Waals surface area contributed by atoms with Gasteiger partial charge in [0.25, 0.3) is 0 Å². The second-order valence-corrected chi connectivity index (χ2v) is 2.96. The highest BCUT2D eigenvalue weighted by molar-refractivity contribution is 4.81. The van der Waals surface area contributed by atoms with Crippen molar-refractivity contribution < 1.29 is 4.52 Å². The maximum absolute atomic E-state index is 10.8. The molecule has 1 aromatic rings. The van der Waals surface area contributed by atoms with Crippen molar-refractivity contribution in [1.82, 2.24) is 15.0 Å². The van der Waals surface area contributed by atoms with Crippen LogP contribution in [-0.4, -0.2) is 15.8 Å². The van der Waals surface area contributed by atoms with E-state index < -0.39 is 5.76 Å². The van der Waals surface area contributed by atoms with E-state index in [1.54, 1.807) is 7.05 Å². The van der Waals surface area contributed by atoms with Gasteiger partial charge in [-0.05, 0) is 0 Å². The Bertz CT molecular complexity index is 300. The van der Waals surface area contributed by atoms with Gasteiger partial charge in [0.05, 0.1) is 6.54 Å². The van der Waals surface area contributed by atoms with Crippen molar-refractivity contribution in [2.24, 2.45) is 7.05 Å². The minimum absolute atomic E-state index is 0.372. The Hall–Kier alpha value is -1.10. The van der Waals surface area contributed by atoms with E-state index in [4.69, 9.17) is 0 Å². The van der Waals surface area contributed by atoms with Gasteiger partial charge in [0.1, 0.15) is 0 Å². The van der Waals surface area contributed by atoms with Crippen molar-refractivity contribution >= 4 is 0 Å². The summed E-state index contributed by atoms with van der Waals surface area (Å²) in [5.74, 6) is 0.198. The minimum Gasteiger partial charge on any atom is -0.308 e. The molecule has 0 bridgehead atoms. The monoisotopic (exact) mass is 171 g/mol. The van der Waals surface area contributed by atoms with Crippen LogP contribution in [0.25, 0.3) is 0 Å². The molecule has 0 saturated heterocycles. The molecule has 0 fully saturated rings. The minimum atomic E-state index is -0.421. The number of nitrogens with zero attached hydrogens (tertiary/aromatic N) is 2. The van der Waals surface area contributed by atoms with E-state index in [2.05, 4.69) is 15.0 Å². The number of nitrogens with one attached hydrogen (secondary N) is 1. The third kappa shape index (κ3) is 1.94. The summed E-state index contributed by atoms with van der Waals surface area (Å²) in [6.45, 7) is 4.61. The van der Waals surface area contributed by atoms with Crippen molar-refractivity contribution in [3.8, 4) is 0 Å². The summed E-state index contributed by atoms with van der Waals surface area (Å²) in [6, 6.07) is 0.372. The van der Waals surface area contributed by atoms with Crippen LogP contribution in [0.4, 0.5) is 0 Å². The molecule has 5 heteroatoms. The molecule has 0 unspecified atom stereocenters. The van der Waals surface area contributed by atoms with Crippen LogP contribution in [0.3, 0.4) is 0 Å². The third-order valence-corrected chi connectivity index (χ3v) is 1.56. The van der Waals surface area contributed by atoms with Gasteiger partial charge in [-0.25, -0.2) is 4.79 Å². The van der Waals surface area contributed by atoms with Gasteiger partial charge < -0.3 is 5.32 Å². The maximum Gasteiger partial charge on any atom is 0.441 e. The van der Waals surface area contributed by atoms with Crippen LogP contribution in [0.15, 0.2) is 9.32 Å². The molecule has 0 aliphatic rings. The average molecular weight is 171 g/mol. The van der Waals surface area contributed by atoms with Crippen LogP contribution in [0.5, 0.6) is 0 Å². The zero-order chi connectivity index (χ0) is 9.14. The molecule has 0 aliphatic carbocycles. The van der Waals surface area contributed by atoms with E-state index in [9.17, 15) is 4.79 Å². The van der Waals surface area contributed by atoms with E-state index in [0.717, 1.165) is 0 Å². The first-order valence-corrected chi connectivity index (χ1v) is 3.86. The SMILES string of the molecule is CC(C)NCc1noc(=O)n1C. The van der Waals surface area contributed by atoms with Gasteiger partial charge in [-0.3, -0.25) is 9.09 Å². The first-order chi connectivity index (χ1) is 5.61. The first-order valence-electron chi connectivity index (χ1n) is 3.86. The van der Waals surface area contributed by atoms with Crippen molar-refractivity contribution in [2.45, 2.75) is 26.4 Å². The van der Waals surface area contributed by atoms with Crippen LogP contribution in [0.1, 0.15) is 19.7 Å². The normalized spacial score (nSPS) is 11.0. The lowest BCUT2D eigenvalue weighted by molar-refractivity contribution is 0.374. The predicted molar refractivity (Wildman–Crippen MR) is 43.7 cm³/mol. The molecule has 1 rings (SSSR count). The van der Waals surface area contributed by atoms with Crippen molar-refractivity contribution in [2.75, 3.05) is 0 Å². The number of aromatic nitrogens is 2. The summed E-state index contributed by atoms with van der Waals surface area (Å²) in [6.07, 6.45) is 0. The zero-order valence-electron chi connectivity index (χ0n) is 7.50. The molecule has 5 nitrogen and oxygen atoms in total. The first kappa shape index (κ1) is 8.99. The third-order valence-electron chi connectivity index (χ3n) is 1.56. The second kappa shape index (κ2) is 3.53. The van der Waals surface area contributed by atoms with E-state index in [-0.39, 0.29) is 0 Å². The van der Waals surface area contributed by atoms with E-state index in [1.165, 1.54) is 4.57 Å². The van der Waals surface area contributed by atoms with Gasteiger partial charge in [0.2, 0.25) is 0 Å². The standard InChI is InChI=1S/C7H13N3O2/c1-5(2)8-4-6-9-12-7(11)10(6)3/h5,8H,4H2,1-3H3. The Morgan fingerprint density at radius 2 is 2.33 bits per heavy atom. The summed E-state index contributed by atoms with van der Waals surface area (Å²) in [5.41, 5.74) is 0. The molecular weight excluding hydrogens is 158 g/mol. The van der Waals surface area contributed by atoms with Crippen LogP contribution >= 0.6 is 0 Å². The fourth-order valence-electron chi connectivity index (χ4n) is 0.766. The largest absolute Gasteiger partial charge is 0.441 e. The maximum atomic E-state index is 10.8. The highest BCUT2D eigenvalue weighted by Gasteiger charge is 2.05. The van der Waals surface area contributed by atoms with Crippen molar-refractivity contribution in [3.05, 3.63) is 16.4 Å². The molecular formula is C7H13N3O2. The Kier molecular flexibility index (Phi) is 2.65. The van der Waals surface area contributed by atoms with Crippen molar-refractivity contribution in [1.29, 1.82) is 0 Å². The Balaban J connectivity index is 2.64. The number of hydrogen-bond donors (Lipinski definition) is 1. The van der Waals surface area contributed by atoms with E-state index in [0.29, 0.717) is 18.4 Å². The summed E-state index contributed by atoms with van der Waals surface area (Å²) in [5, 5.41) is 6.73. The van der Waals surface area contributed by atoms with Gasteiger partial charge in [-0.15, -0.1) is 0 Å². The lowest BCUT2D eigenvalue weighted by atomic mass is 10.4. The molecule has 0 radical (unpaired) electrons. The van der Waals surface area contributed by atoms with E-state index in [1.807, 2.05) is 13.8 Å². The highest BCUT2D eigenvalue weighted by atomic mass is 16.5. The van der Waals surface area contributed by atoms with Crippen LogP contribution < -0.4 is 11.1 Å². The molecule has 1 aromatic heterocycles. The smallest absolute Gasteiger partial charge is 0.308 e. The molecule has 1 N–H and O–H groups in total. The molecule has 0 spiro atoms. The molecule has 68 valence electrons. The van der Waals surface area contributed by atoms with Crippen molar-refractivity contribution in [3.63, 3.8) is 0 Å². The Morgan fingerprint density at radius 1 is 1.67 bits per heavy atom. The van der Waals surface area contributed by atoms with Gasteiger partial charge in [-0.2, -0.15) is 0 Å². The Labute approximate surface area is 70.4 Å². The number of hydrogen-bond acceptors (Lipinski definition) is 4. The zero-order valence-corrected chi connectivity index (χ0v) is 7.50. The average Bonchev–Trinajstić information content (AvgIpc) is 2.30. The molecule has 0 atom stereocenters. The summed E-state index contributed by atoms with van der Waals surface area (Å²) in [4.78, 5) is 10.8. The summed E-state index contributed by atoms with van der Waals surface area (Å²) in [7, 11) is 1.64. The van der Waals surface area contributed by atoms with Gasteiger partial charge >= 0.3 is 5.76 Å². The predicted octanol–water partition coefficient (Wildman–Crippen LogP) is -0.129. The number of rotatable bonds is 3.